The monoisotopic (exact) mass is 841 g/mol. The van der Waals surface area contributed by atoms with Gasteiger partial charge in [0.2, 0.25) is 17.8 Å². The molecule has 1 atom stereocenters. The number of para-hydroxylation sites is 1. The molecule has 7 rings (SSSR count). The van der Waals surface area contributed by atoms with Crippen molar-refractivity contribution in [2.24, 2.45) is 5.92 Å². The van der Waals surface area contributed by atoms with E-state index in [0.29, 0.717) is 47.1 Å². The molecule has 0 radical (unpaired) electrons. The summed E-state index contributed by atoms with van der Waals surface area (Å²) in [5.74, 6) is 1.60. The van der Waals surface area contributed by atoms with E-state index < -0.39 is 7.14 Å². The van der Waals surface area contributed by atoms with E-state index in [1.54, 1.807) is 20.4 Å². The van der Waals surface area contributed by atoms with Crippen molar-refractivity contribution in [3.05, 3.63) is 83.5 Å². The number of carbonyl (C=O) groups excluding carboxylic acids is 2. The molecule has 0 aliphatic carbocycles. The second-order valence-electron chi connectivity index (χ2n) is 16.2. The normalized spacial score (nSPS) is 18.1. The van der Waals surface area contributed by atoms with Gasteiger partial charge in [0.1, 0.15) is 17.9 Å². The van der Waals surface area contributed by atoms with E-state index >= 15 is 0 Å². The summed E-state index contributed by atoms with van der Waals surface area (Å²) in [4.78, 5) is 37.6. The number of imide groups is 1. The van der Waals surface area contributed by atoms with E-state index in [4.69, 9.17) is 16.3 Å². The first-order valence-corrected chi connectivity index (χ1v) is 23.8. The highest BCUT2D eigenvalue weighted by Crippen LogP contribution is 2.39. The highest BCUT2D eigenvalue weighted by Gasteiger charge is 2.28. The molecule has 3 saturated heterocycles. The van der Waals surface area contributed by atoms with Gasteiger partial charge in [0.15, 0.2) is 5.82 Å². The van der Waals surface area contributed by atoms with Gasteiger partial charge in [0, 0.05) is 74.5 Å². The zero-order valence-corrected chi connectivity index (χ0v) is 36.0. The largest absolute Gasteiger partial charge is 0.494 e. The minimum absolute atomic E-state index is 0.175. The molecule has 13 nitrogen and oxygen atoms in total. The van der Waals surface area contributed by atoms with Crippen LogP contribution in [0.1, 0.15) is 56.4 Å². The van der Waals surface area contributed by atoms with Crippen molar-refractivity contribution in [1.29, 1.82) is 0 Å². The number of aromatic nitrogens is 2. The van der Waals surface area contributed by atoms with Gasteiger partial charge in [0.25, 0.3) is 0 Å². The molecule has 3 fully saturated rings. The number of anilines is 6. The molecule has 15 heteroatoms. The fourth-order valence-corrected chi connectivity index (χ4v) is 9.63. The van der Waals surface area contributed by atoms with Crippen LogP contribution in [0.2, 0.25) is 5.02 Å². The maximum Gasteiger partial charge on any atom is 0.234 e. The Morgan fingerprint density at radius 3 is 2.29 bits per heavy atom. The number of benzene rings is 3. The number of halogens is 1. The first-order valence-electron chi connectivity index (χ1n) is 20.8. The number of methoxy groups -OCH3 is 1. The van der Waals surface area contributed by atoms with Crippen molar-refractivity contribution < 1.29 is 18.9 Å². The first kappa shape index (κ1) is 42.4. The first-order chi connectivity index (χ1) is 28.5. The molecule has 1 aromatic heterocycles. The summed E-state index contributed by atoms with van der Waals surface area (Å²) in [5.41, 5.74) is 4.74. The van der Waals surface area contributed by atoms with Crippen LogP contribution in [-0.2, 0) is 14.2 Å². The Labute approximate surface area is 352 Å². The summed E-state index contributed by atoms with van der Waals surface area (Å²) in [7, 11) is -0.875. The van der Waals surface area contributed by atoms with Crippen LogP contribution in [0.4, 0.5) is 34.5 Å². The van der Waals surface area contributed by atoms with Crippen molar-refractivity contribution in [1.82, 2.24) is 25.9 Å². The number of rotatable bonds is 16. The lowest BCUT2D eigenvalue weighted by atomic mass is 9.90. The van der Waals surface area contributed by atoms with Gasteiger partial charge in [-0.2, -0.15) is 4.98 Å². The summed E-state index contributed by atoms with van der Waals surface area (Å²) in [6.45, 7) is 10.5. The van der Waals surface area contributed by atoms with Crippen LogP contribution in [0, 0.1) is 5.92 Å². The molecule has 3 aliphatic heterocycles. The molecule has 0 bridgehead atoms. The van der Waals surface area contributed by atoms with Crippen molar-refractivity contribution in [2.75, 3.05) is 86.7 Å². The fourth-order valence-electron chi connectivity index (χ4n) is 8.34. The van der Waals surface area contributed by atoms with Crippen molar-refractivity contribution >= 4 is 70.4 Å². The Morgan fingerprint density at radius 1 is 0.847 bits per heavy atom. The number of piperidine rings is 3. The lowest BCUT2D eigenvalue weighted by Crippen LogP contribution is -2.44. The summed E-state index contributed by atoms with van der Waals surface area (Å²) < 4.78 is 18.7. The van der Waals surface area contributed by atoms with Crippen molar-refractivity contribution in [3.8, 4) is 5.75 Å². The second-order valence-corrected chi connectivity index (χ2v) is 19.8. The van der Waals surface area contributed by atoms with E-state index in [1.807, 2.05) is 42.5 Å². The number of hydrogen-bond acceptors (Lipinski definition) is 12. The van der Waals surface area contributed by atoms with Gasteiger partial charge in [-0.15, -0.1) is 0 Å². The number of carbonyl (C=O) groups is 2. The highest BCUT2D eigenvalue weighted by molar-refractivity contribution is 7.70. The Hall–Kier alpha value is -4.68. The van der Waals surface area contributed by atoms with Crippen LogP contribution >= 0.6 is 18.7 Å². The maximum absolute atomic E-state index is 12.9. The molecular weight excluding hydrogens is 785 g/mol. The molecular formula is C44H57ClN9O4P. The van der Waals surface area contributed by atoms with Crippen LogP contribution in [0.15, 0.2) is 72.9 Å². The summed E-state index contributed by atoms with van der Waals surface area (Å²) in [6, 6.07) is 22.5. The van der Waals surface area contributed by atoms with E-state index in [9.17, 15) is 14.2 Å². The SMILES string of the molecule is COc1cc(N2CCC(NCCNCCC3CCN(c4ccc(C5CCC(=O)NC5=O)cc4)CC3)CC2)ccc1Nc1ncc(Cl)c(Nc2ccccc2P(C)(C)=O)n1. The average Bonchev–Trinajstić information content (AvgIpc) is 3.24. The number of hydrogen-bond donors (Lipinski definition) is 5. The van der Waals surface area contributed by atoms with Crippen LogP contribution in [0.5, 0.6) is 5.75 Å². The molecule has 59 heavy (non-hydrogen) atoms. The number of ether oxygens (including phenoxy) is 1. The van der Waals surface area contributed by atoms with Gasteiger partial charge in [-0.05, 0) is 106 Å². The second kappa shape index (κ2) is 19.6. The molecule has 2 amide bonds. The summed E-state index contributed by atoms with van der Waals surface area (Å²) in [6.07, 6.45) is 8.24. The topological polar surface area (TPSA) is 153 Å². The minimum atomic E-state index is -2.53. The van der Waals surface area contributed by atoms with E-state index in [0.717, 1.165) is 86.8 Å². The molecule has 5 N–H and O–H groups in total. The molecule has 3 aliphatic rings. The van der Waals surface area contributed by atoms with Gasteiger partial charge in [-0.25, -0.2) is 4.98 Å². The highest BCUT2D eigenvalue weighted by atomic mass is 35.5. The van der Waals surface area contributed by atoms with Gasteiger partial charge in [0.05, 0.1) is 30.6 Å². The zero-order chi connectivity index (χ0) is 41.4. The number of amides is 2. The van der Waals surface area contributed by atoms with Gasteiger partial charge >= 0.3 is 0 Å². The molecule has 314 valence electrons. The lowest BCUT2D eigenvalue weighted by molar-refractivity contribution is -0.134. The van der Waals surface area contributed by atoms with Crippen LogP contribution in [0.3, 0.4) is 0 Å². The number of nitrogens with one attached hydrogen (secondary N) is 5. The fraction of sp³-hybridized carbons (Fsp3) is 0.455. The van der Waals surface area contributed by atoms with Gasteiger partial charge < -0.3 is 40.4 Å². The van der Waals surface area contributed by atoms with Crippen LogP contribution in [0.25, 0.3) is 0 Å². The molecule has 1 unspecified atom stereocenters. The van der Waals surface area contributed by atoms with E-state index in [2.05, 4.69) is 70.6 Å². The predicted octanol–water partition coefficient (Wildman–Crippen LogP) is 6.85. The Balaban J connectivity index is 0.794. The summed E-state index contributed by atoms with van der Waals surface area (Å²) in [5, 5.41) is 17.5. The standard InChI is InChI=1S/C44H57ClN9O4P/c1-58-39-28-34(12-14-37(39)50-44-48-29-36(45)42(52-44)49-38-6-4-5-7-40(38)59(2,3)57)54-26-19-32(20-27-54)47-23-22-46-21-16-30-17-24-53(25-18-30)33-10-8-31(9-11-33)35-13-15-41(55)51-43(35)56/h4-12,14,28-30,32,35,46-47H,13,15-27H2,1-3H3,(H,51,55,56)(H2,48,49,50,52). The summed E-state index contributed by atoms with van der Waals surface area (Å²) >= 11 is 6.47. The Bertz CT molecular complexity index is 2120. The van der Waals surface area contributed by atoms with Gasteiger partial charge in [-0.1, -0.05) is 35.9 Å². The Kier molecular flexibility index (Phi) is 14.1. The van der Waals surface area contributed by atoms with E-state index in [1.165, 1.54) is 31.1 Å². The maximum atomic E-state index is 12.9. The lowest BCUT2D eigenvalue weighted by Gasteiger charge is -2.34. The third kappa shape index (κ3) is 11.1. The smallest absolute Gasteiger partial charge is 0.234 e. The van der Waals surface area contributed by atoms with Crippen molar-refractivity contribution in [2.45, 2.75) is 56.9 Å². The van der Waals surface area contributed by atoms with Crippen LogP contribution in [-0.4, -0.2) is 94.1 Å². The molecule has 4 aromatic rings. The molecule has 4 heterocycles. The van der Waals surface area contributed by atoms with E-state index in [-0.39, 0.29) is 17.7 Å². The minimum Gasteiger partial charge on any atom is -0.494 e. The molecule has 0 saturated carbocycles. The average molecular weight is 842 g/mol. The molecule has 3 aromatic carbocycles. The third-order valence-corrected chi connectivity index (χ3v) is 13.6. The van der Waals surface area contributed by atoms with Crippen molar-refractivity contribution in [3.63, 3.8) is 0 Å². The quantitative estimate of drug-likeness (QED) is 0.0456. The number of nitrogens with zero attached hydrogens (tertiary/aromatic N) is 4. The Morgan fingerprint density at radius 2 is 1.56 bits per heavy atom. The third-order valence-electron chi connectivity index (χ3n) is 11.8. The van der Waals surface area contributed by atoms with Gasteiger partial charge in [-0.3, -0.25) is 14.9 Å². The van der Waals surface area contributed by atoms with Crippen LogP contribution < -0.4 is 46.4 Å². The molecule has 0 spiro atoms. The zero-order valence-electron chi connectivity index (χ0n) is 34.3. The predicted molar refractivity (Wildman–Crippen MR) is 239 cm³/mol.